The Morgan fingerprint density at radius 1 is 1.45 bits per heavy atom. The molecule has 0 bridgehead atoms. The third kappa shape index (κ3) is 1.87. The van der Waals surface area contributed by atoms with Gasteiger partial charge >= 0.3 is 0 Å². The highest BCUT2D eigenvalue weighted by Crippen LogP contribution is 2.28. The van der Waals surface area contributed by atoms with Gasteiger partial charge in [0, 0.05) is 0 Å². The molecule has 3 nitrogen and oxygen atoms in total. The minimum atomic E-state index is -3.63. The average Bonchev–Trinajstić information content (AvgIpc) is 1.77. The number of halogens is 2. The second-order valence-electron chi connectivity index (χ2n) is 2.66. The number of hydrogen-bond acceptors (Lipinski definition) is 3. The van der Waals surface area contributed by atoms with Crippen molar-refractivity contribution >= 4 is 9.84 Å². The second-order valence-corrected chi connectivity index (χ2v) is 4.84. The fraction of sp³-hybridized carbons (Fsp3) is 1.00. The Hall–Kier alpha value is -0.230. The lowest BCUT2D eigenvalue weighted by molar-refractivity contribution is -0.0943. The summed E-state index contributed by atoms with van der Waals surface area (Å²) in [5.41, 5.74) is 0. The van der Waals surface area contributed by atoms with Crippen LogP contribution in [0.3, 0.4) is 0 Å². The van der Waals surface area contributed by atoms with Gasteiger partial charge in [-0.15, -0.1) is 0 Å². The lowest BCUT2D eigenvalue weighted by Gasteiger charge is -2.26. The molecule has 6 heteroatoms. The Bertz CT molecular complexity index is 246. The molecule has 0 saturated carbocycles. The number of aliphatic hydroxyl groups is 1. The van der Waals surface area contributed by atoms with E-state index in [1.165, 1.54) is 0 Å². The van der Waals surface area contributed by atoms with Gasteiger partial charge in [-0.2, -0.15) is 0 Å². The zero-order chi connectivity index (χ0) is 8.70. The molecule has 1 rings (SSSR count). The van der Waals surface area contributed by atoms with Crippen LogP contribution in [0.4, 0.5) is 8.78 Å². The van der Waals surface area contributed by atoms with Crippen LogP contribution in [-0.2, 0) is 9.84 Å². The standard InChI is InChI=1S/C5H8F2O3S/c6-5(7)3-11(9,10)2-1-4(5)8/h4,8H,1-3H2. The van der Waals surface area contributed by atoms with Gasteiger partial charge in [-0.3, -0.25) is 0 Å². The molecular weight excluding hydrogens is 178 g/mol. The van der Waals surface area contributed by atoms with Gasteiger partial charge in [0.05, 0.1) is 5.75 Å². The third-order valence-electron chi connectivity index (χ3n) is 1.60. The average molecular weight is 186 g/mol. The van der Waals surface area contributed by atoms with Crippen molar-refractivity contribution in [2.45, 2.75) is 18.4 Å². The number of aliphatic hydroxyl groups excluding tert-OH is 1. The van der Waals surface area contributed by atoms with Crippen LogP contribution >= 0.6 is 0 Å². The van der Waals surface area contributed by atoms with Gasteiger partial charge in [-0.05, 0) is 6.42 Å². The Labute approximate surface area is 62.9 Å². The van der Waals surface area contributed by atoms with Gasteiger partial charge < -0.3 is 5.11 Å². The Morgan fingerprint density at radius 3 is 2.36 bits per heavy atom. The summed E-state index contributed by atoms with van der Waals surface area (Å²) in [5.74, 6) is -5.03. The molecule has 0 aromatic carbocycles. The van der Waals surface area contributed by atoms with Crippen LogP contribution in [-0.4, -0.2) is 37.1 Å². The van der Waals surface area contributed by atoms with E-state index in [0.717, 1.165) is 0 Å². The summed E-state index contributed by atoms with van der Waals surface area (Å²) in [6.07, 6.45) is -2.17. The van der Waals surface area contributed by atoms with Crippen LogP contribution < -0.4 is 0 Å². The van der Waals surface area contributed by atoms with E-state index in [2.05, 4.69) is 0 Å². The summed E-state index contributed by atoms with van der Waals surface area (Å²) in [6.45, 7) is 0. The molecular formula is C5H8F2O3S. The zero-order valence-corrected chi connectivity index (χ0v) is 6.44. The number of sulfone groups is 1. The molecule has 0 amide bonds. The van der Waals surface area contributed by atoms with Gasteiger partial charge in [-0.1, -0.05) is 0 Å². The fourth-order valence-corrected chi connectivity index (χ4v) is 2.47. The van der Waals surface area contributed by atoms with Crippen LogP contribution in [0, 0.1) is 0 Å². The van der Waals surface area contributed by atoms with Crippen molar-refractivity contribution in [2.24, 2.45) is 0 Å². The van der Waals surface area contributed by atoms with E-state index in [-0.39, 0.29) is 12.2 Å². The fourth-order valence-electron chi connectivity index (χ4n) is 0.964. The molecule has 1 atom stereocenters. The maximum atomic E-state index is 12.5. The lowest BCUT2D eigenvalue weighted by Crippen LogP contribution is -2.46. The van der Waals surface area contributed by atoms with Crippen molar-refractivity contribution < 1.29 is 22.3 Å². The monoisotopic (exact) mass is 186 g/mol. The number of alkyl halides is 2. The van der Waals surface area contributed by atoms with Crippen LogP contribution in [0.2, 0.25) is 0 Å². The van der Waals surface area contributed by atoms with E-state index in [0.29, 0.717) is 0 Å². The van der Waals surface area contributed by atoms with Crippen LogP contribution in [0.1, 0.15) is 6.42 Å². The normalized spacial score (nSPS) is 35.0. The van der Waals surface area contributed by atoms with E-state index in [9.17, 15) is 17.2 Å². The molecule has 1 N–H and O–H groups in total. The Morgan fingerprint density at radius 2 is 2.00 bits per heavy atom. The first-order valence-electron chi connectivity index (χ1n) is 3.10. The highest BCUT2D eigenvalue weighted by molar-refractivity contribution is 7.91. The molecule has 66 valence electrons. The van der Waals surface area contributed by atoms with Gasteiger partial charge in [-0.25, -0.2) is 17.2 Å². The molecule has 0 aliphatic carbocycles. The van der Waals surface area contributed by atoms with Crippen LogP contribution in [0.15, 0.2) is 0 Å². The Kier molecular flexibility index (Phi) is 1.92. The van der Waals surface area contributed by atoms with Crippen molar-refractivity contribution in [3.63, 3.8) is 0 Å². The molecule has 0 spiro atoms. The van der Waals surface area contributed by atoms with E-state index >= 15 is 0 Å². The predicted molar refractivity (Wildman–Crippen MR) is 34.2 cm³/mol. The smallest absolute Gasteiger partial charge is 0.287 e. The van der Waals surface area contributed by atoms with Gasteiger partial charge in [0.1, 0.15) is 11.9 Å². The van der Waals surface area contributed by atoms with E-state index in [4.69, 9.17) is 5.11 Å². The minimum Gasteiger partial charge on any atom is -0.387 e. The van der Waals surface area contributed by atoms with E-state index in [1.54, 1.807) is 0 Å². The van der Waals surface area contributed by atoms with Crippen molar-refractivity contribution in [1.82, 2.24) is 0 Å². The first-order chi connectivity index (χ1) is 4.83. The van der Waals surface area contributed by atoms with Crippen LogP contribution in [0.25, 0.3) is 0 Å². The lowest BCUT2D eigenvalue weighted by atomic mass is 10.1. The molecule has 1 aliphatic heterocycles. The largest absolute Gasteiger partial charge is 0.387 e. The molecule has 0 aromatic heterocycles. The number of rotatable bonds is 0. The SMILES string of the molecule is O=S1(=O)CCC(O)C(F)(F)C1. The minimum absolute atomic E-state index is 0.343. The van der Waals surface area contributed by atoms with Crippen LogP contribution in [0.5, 0.6) is 0 Å². The summed E-state index contributed by atoms with van der Waals surface area (Å²) in [6, 6.07) is 0. The summed E-state index contributed by atoms with van der Waals surface area (Å²) in [4.78, 5) is 0. The first-order valence-corrected chi connectivity index (χ1v) is 4.92. The second kappa shape index (κ2) is 2.38. The summed E-state index contributed by atoms with van der Waals surface area (Å²) in [5, 5.41) is 8.65. The van der Waals surface area contributed by atoms with E-state index < -0.39 is 27.6 Å². The van der Waals surface area contributed by atoms with Crippen molar-refractivity contribution in [3.8, 4) is 0 Å². The summed E-state index contributed by atoms with van der Waals surface area (Å²) >= 11 is 0. The zero-order valence-electron chi connectivity index (χ0n) is 5.63. The Balaban J connectivity index is 2.83. The topological polar surface area (TPSA) is 54.4 Å². The highest BCUT2D eigenvalue weighted by Gasteiger charge is 2.46. The van der Waals surface area contributed by atoms with Crippen molar-refractivity contribution in [1.29, 1.82) is 0 Å². The highest BCUT2D eigenvalue weighted by atomic mass is 32.2. The maximum Gasteiger partial charge on any atom is 0.287 e. The quantitative estimate of drug-likeness (QED) is 0.570. The number of hydrogen-bond donors (Lipinski definition) is 1. The van der Waals surface area contributed by atoms with Crippen molar-refractivity contribution in [2.75, 3.05) is 11.5 Å². The van der Waals surface area contributed by atoms with Crippen molar-refractivity contribution in [3.05, 3.63) is 0 Å². The molecule has 0 aromatic rings. The summed E-state index contributed by atoms with van der Waals surface area (Å²) < 4.78 is 46.2. The van der Waals surface area contributed by atoms with E-state index in [1.807, 2.05) is 0 Å². The predicted octanol–water partition coefficient (Wildman–Crippen LogP) is -0.199. The third-order valence-corrected chi connectivity index (χ3v) is 3.28. The molecule has 11 heavy (non-hydrogen) atoms. The van der Waals surface area contributed by atoms with Gasteiger partial charge in [0.25, 0.3) is 5.92 Å². The van der Waals surface area contributed by atoms with Gasteiger partial charge in [0.15, 0.2) is 9.84 Å². The summed E-state index contributed by atoms with van der Waals surface area (Å²) in [7, 11) is -3.63. The van der Waals surface area contributed by atoms with Gasteiger partial charge in [0.2, 0.25) is 0 Å². The molecule has 1 unspecified atom stereocenters. The molecule has 1 saturated heterocycles. The maximum absolute atomic E-state index is 12.5. The molecule has 1 heterocycles. The molecule has 1 aliphatic rings. The molecule has 1 fully saturated rings. The first kappa shape index (κ1) is 8.86. The molecule has 0 radical (unpaired) electrons.